The van der Waals surface area contributed by atoms with Gasteiger partial charge in [-0.3, -0.25) is 9.59 Å². The highest BCUT2D eigenvalue weighted by molar-refractivity contribution is 7.92. The quantitative estimate of drug-likeness (QED) is 0.660. The van der Waals surface area contributed by atoms with Gasteiger partial charge in [0.15, 0.2) is 9.84 Å². The lowest BCUT2D eigenvalue weighted by Crippen LogP contribution is -2.27. The van der Waals surface area contributed by atoms with Crippen molar-refractivity contribution in [3.63, 3.8) is 0 Å². The maximum atomic E-state index is 11.7. The van der Waals surface area contributed by atoms with Gasteiger partial charge in [-0.2, -0.15) is 0 Å². The molecule has 0 saturated heterocycles. The number of rotatable bonds is 9. The first-order chi connectivity index (χ1) is 10.7. The molecular weight excluding hydrogens is 322 g/mol. The van der Waals surface area contributed by atoms with Gasteiger partial charge in [0.25, 0.3) is 0 Å². The molecule has 2 N–H and O–H groups in total. The lowest BCUT2D eigenvalue weighted by Gasteiger charge is -2.09. The fourth-order valence-corrected chi connectivity index (χ4v) is 2.37. The molecule has 1 aromatic carbocycles. The zero-order valence-corrected chi connectivity index (χ0v) is 13.9. The highest BCUT2D eigenvalue weighted by atomic mass is 32.2. The van der Waals surface area contributed by atoms with Crippen molar-refractivity contribution in [2.75, 3.05) is 17.7 Å². The normalized spacial score (nSPS) is 11.3. The molecule has 23 heavy (non-hydrogen) atoms. The molecule has 0 atom stereocenters. The third kappa shape index (κ3) is 7.14. The molecule has 7 nitrogen and oxygen atoms in total. The number of carbonyl (C=O) groups is 2. The number of carboxylic acids is 1. The van der Waals surface area contributed by atoms with Crippen LogP contribution in [0.5, 0.6) is 5.75 Å². The standard InChI is InChI=1S/C15H21NO6S/c1-11(2)23(20,21)10-14(17)16-12-5-7-13(8-6-12)22-9-3-4-15(18)19/h5-8,11H,3-4,9-10H2,1-2H3,(H,16,17)(H,18,19). The summed E-state index contributed by atoms with van der Waals surface area (Å²) < 4.78 is 28.7. The molecule has 0 aliphatic rings. The Hall–Kier alpha value is -2.09. The molecule has 128 valence electrons. The average molecular weight is 343 g/mol. The van der Waals surface area contributed by atoms with Gasteiger partial charge in [0.05, 0.1) is 11.9 Å². The number of ether oxygens (including phenoxy) is 1. The number of sulfone groups is 1. The zero-order chi connectivity index (χ0) is 17.5. The van der Waals surface area contributed by atoms with Crippen molar-refractivity contribution in [1.29, 1.82) is 0 Å². The van der Waals surface area contributed by atoms with Crippen molar-refractivity contribution >= 4 is 27.4 Å². The minimum absolute atomic E-state index is 0.0401. The van der Waals surface area contributed by atoms with Gasteiger partial charge >= 0.3 is 5.97 Å². The second-order valence-corrected chi connectivity index (χ2v) is 7.83. The van der Waals surface area contributed by atoms with Gasteiger partial charge in [-0.25, -0.2) is 8.42 Å². The Morgan fingerprint density at radius 1 is 1.22 bits per heavy atom. The fourth-order valence-electron chi connectivity index (χ4n) is 1.59. The predicted molar refractivity (Wildman–Crippen MR) is 86.4 cm³/mol. The van der Waals surface area contributed by atoms with E-state index in [1.165, 1.54) is 13.8 Å². The maximum absolute atomic E-state index is 11.7. The number of aliphatic carboxylic acids is 1. The van der Waals surface area contributed by atoms with Gasteiger partial charge in [0, 0.05) is 12.1 Å². The summed E-state index contributed by atoms with van der Waals surface area (Å²) in [5.41, 5.74) is 0.465. The van der Waals surface area contributed by atoms with Crippen molar-refractivity contribution < 1.29 is 27.9 Å². The maximum Gasteiger partial charge on any atom is 0.303 e. The summed E-state index contributed by atoms with van der Waals surface area (Å²) in [7, 11) is -3.43. The first-order valence-electron chi connectivity index (χ1n) is 7.17. The monoisotopic (exact) mass is 343 g/mol. The number of benzene rings is 1. The highest BCUT2D eigenvalue weighted by Crippen LogP contribution is 2.16. The van der Waals surface area contributed by atoms with Crippen LogP contribution in [0.25, 0.3) is 0 Å². The number of carboxylic acid groups (broad SMARTS) is 1. The number of hydrogen-bond acceptors (Lipinski definition) is 5. The Balaban J connectivity index is 2.47. The molecule has 0 aliphatic carbocycles. The minimum atomic E-state index is -3.43. The SMILES string of the molecule is CC(C)S(=O)(=O)CC(=O)Nc1ccc(OCCCC(=O)O)cc1. The van der Waals surface area contributed by atoms with Crippen LogP contribution in [0.4, 0.5) is 5.69 Å². The van der Waals surface area contributed by atoms with Gasteiger partial charge in [-0.05, 0) is 44.5 Å². The zero-order valence-electron chi connectivity index (χ0n) is 13.1. The Labute approximate surface area is 135 Å². The summed E-state index contributed by atoms with van der Waals surface area (Å²) in [4.78, 5) is 22.1. The fraction of sp³-hybridized carbons (Fsp3) is 0.467. The topological polar surface area (TPSA) is 110 Å². The lowest BCUT2D eigenvalue weighted by atomic mass is 10.3. The molecule has 0 bridgehead atoms. The van der Waals surface area contributed by atoms with Crippen molar-refractivity contribution in [2.45, 2.75) is 31.9 Å². The summed E-state index contributed by atoms with van der Waals surface area (Å²) in [5.74, 6) is -1.47. The van der Waals surface area contributed by atoms with Crippen LogP contribution in [0.1, 0.15) is 26.7 Å². The summed E-state index contributed by atoms with van der Waals surface area (Å²) in [6.45, 7) is 3.34. The van der Waals surface area contributed by atoms with Gasteiger partial charge in [-0.1, -0.05) is 0 Å². The van der Waals surface area contributed by atoms with E-state index in [9.17, 15) is 18.0 Å². The Bertz CT molecular complexity index is 636. The van der Waals surface area contributed by atoms with Crippen LogP contribution in [0.15, 0.2) is 24.3 Å². The van der Waals surface area contributed by atoms with E-state index in [0.29, 0.717) is 17.9 Å². The summed E-state index contributed by atoms with van der Waals surface area (Å²) in [5, 5.41) is 10.4. The molecular formula is C15H21NO6S. The van der Waals surface area contributed by atoms with E-state index >= 15 is 0 Å². The molecule has 0 spiro atoms. The van der Waals surface area contributed by atoms with Crippen LogP contribution in [0, 0.1) is 0 Å². The van der Waals surface area contributed by atoms with E-state index in [4.69, 9.17) is 9.84 Å². The van der Waals surface area contributed by atoms with Crippen LogP contribution in [0.2, 0.25) is 0 Å². The van der Waals surface area contributed by atoms with Crippen molar-refractivity contribution in [1.82, 2.24) is 0 Å². The van der Waals surface area contributed by atoms with E-state index < -0.39 is 32.7 Å². The first kappa shape index (κ1) is 19.0. The smallest absolute Gasteiger partial charge is 0.303 e. The molecule has 0 aliphatic heterocycles. The van der Waals surface area contributed by atoms with Crippen molar-refractivity contribution in [3.05, 3.63) is 24.3 Å². The number of nitrogens with one attached hydrogen (secondary N) is 1. The molecule has 0 unspecified atom stereocenters. The van der Waals surface area contributed by atoms with E-state index in [0.717, 1.165) is 0 Å². The summed E-state index contributed by atoms with van der Waals surface area (Å²) in [6.07, 6.45) is 0.444. The van der Waals surface area contributed by atoms with E-state index in [1.807, 2.05) is 0 Å². The van der Waals surface area contributed by atoms with E-state index in [2.05, 4.69) is 5.32 Å². The van der Waals surface area contributed by atoms with Crippen molar-refractivity contribution in [2.24, 2.45) is 0 Å². The first-order valence-corrected chi connectivity index (χ1v) is 8.88. The van der Waals surface area contributed by atoms with Crippen LogP contribution in [-0.4, -0.2) is 43.0 Å². The van der Waals surface area contributed by atoms with E-state index in [-0.39, 0.29) is 13.0 Å². The van der Waals surface area contributed by atoms with Gasteiger partial charge < -0.3 is 15.2 Å². The Morgan fingerprint density at radius 3 is 2.35 bits per heavy atom. The van der Waals surface area contributed by atoms with Gasteiger partial charge in [0.1, 0.15) is 11.5 Å². The summed E-state index contributed by atoms with van der Waals surface area (Å²) >= 11 is 0. The molecule has 1 aromatic rings. The molecule has 0 saturated carbocycles. The number of hydrogen-bond donors (Lipinski definition) is 2. The third-order valence-corrected chi connectivity index (χ3v) is 5.09. The number of amides is 1. The predicted octanol–water partition coefficient (Wildman–Crippen LogP) is 1.69. The molecule has 0 radical (unpaired) electrons. The number of carbonyl (C=O) groups excluding carboxylic acids is 1. The molecule has 0 fully saturated rings. The van der Waals surface area contributed by atoms with Crippen LogP contribution < -0.4 is 10.1 Å². The number of anilines is 1. The summed E-state index contributed by atoms with van der Waals surface area (Å²) in [6, 6.07) is 6.42. The van der Waals surface area contributed by atoms with Gasteiger partial charge in [0.2, 0.25) is 5.91 Å². The van der Waals surface area contributed by atoms with Crippen LogP contribution in [-0.2, 0) is 19.4 Å². The molecule has 8 heteroatoms. The van der Waals surface area contributed by atoms with Crippen LogP contribution >= 0.6 is 0 Å². The lowest BCUT2D eigenvalue weighted by molar-refractivity contribution is -0.137. The Morgan fingerprint density at radius 2 is 1.83 bits per heavy atom. The molecule has 0 heterocycles. The third-order valence-electron chi connectivity index (χ3n) is 2.99. The minimum Gasteiger partial charge on any atom is -0.494 e. The van der Waals surface area contributed by atoms with E-state index in [1.54, 1.807) is 24.3 Å². The second kappa shape index (κ2) is 8.52. The molecule has 0 aromatic heterocycles. The molecule has 1 rings (SSSR count). The van der Waals surface area contributed by atoms with Crippen molar-refractivity contribution in [3.8, 4) is 5.75 Å². The second-order valence-electron chi connectivity index (χ2n) is 5.27. The average Bonchev–Trinajstić information content (AvgIpc) is 2.44. The Kier molecular flexibility index (Phi) is 7.02. The van der Waals surface area contributed by atoms with Gasteiger partial charge in [-0.15, -0.1) is 0 Å². The molecule has 1 amide bonds. The van der Waals surface area contributed by atoms with Crippen LogP contribution in [0.3, 0.4) is 0 Å². The highest BCUT2D eigenvalue weighted by Gasteiger charge is 2.20. The largest absolute Gasteiger partial charge is 0.494 e.